The molecule has 0 radical (unpaired) electrons. The molecule has 0 fully saturated rings. The third-order valence-corrected chi connectivity index (χ3v) is 1.31. The Bertz CT molecular complexity index is 72.8. The maximum atomic E-state index is 10.3. The summed E-state index contributed by atoms with van der Waals surface area (Å²) in [5.74, 6) is -0.118. The van der Waals surface area contributed by atoms with Crippen LogP contribution in [0.5, 0.6) is 0 Å². The SMILES string of the molecule is CCCCC(=O)OI. The van der Waals surface area contributed by atoms with Crippen LogP contribution in [-0.2, 0) is 7.86 Å². The predicted molar refractivity (Wildman–Crippen MR) is 39.6 cm³/mol. The number of unbranched alkanes of at least 4 members (excludes halogenated alkanes) is 1. The van der Waals surface area contributed by atoms with Gasteiger partial charge in [-0.2, -0.15) is 0 Å². The van der Waals surface area contributed by atoms with E-state index in [1.54, 1.807) is 23.0 Å². The highest BCUT2D eigenvalue weighted by Crippen LogP contribution is 1.98. The van der Waals surface area contributed by atoms with Crippen molar-refractivity contribution in [3.63, 3.8) is 0 Å². The van der Waals surface area contributed by atoms with Gasteiger partial charge in [-0.05, 0) is 6.42 Å². The van der Waals surface area contributed by atoms with Gasteiger partial charge in [-0.25, -0.2) is 0 Å². The van der Waals surface area contributed by atoms with E-state index in [2.05, 4.69) is 3.07 Å². The molecule has 0 spiro atoms. The first-order valence-corrected chi connectivity index (χ1v) is 3.50. The molecule has 0 aliphatic carbocycles. The number of halogens is 1. The number of hydrogen-bond donors (Lipinski definition) is 0. The number of rotatable bonds is 3. The standard InChI is InChI=1S/C5H9IO2/c1-2-3-4-5(7)8-6/h2-4H2,1H3. The number of carbonyl (C=O) groups excluding carboxylic acids is 1. The quantitative estimate of drug-likeness (QED) is 0.691. The molecule has 0 atom stereocenters. The summed E-state index contributed by atoms with van der Waals surface area (Å²) in [6, 6.07) is 0. The minimum atomic E-state index is -0.118. The molecule has 0 aliphatic heterocycles. The zero-order valence-corrected chi connectivity index (χ0v) is 6.97. The Morgan fingerprint density at radius 1 is 1.75 bits per heavy atom. The molecule has 0 aromatic carbocycles. The maximum absolute atomic E-state index is 10.3. The smallest absolute Gasteiger partial charge is 0.315 e. The average Bonchev–Trinajstić information content (AvgIpc) is 1.83. The molecule has 0 aromatic rings. The molecule has 0 saturated carbocycles. The van der Waals surface area contributed by atoms with E-state index >= 15 is 0 Å². The molecule has 0 amide bonds. The first-order valence-electron chi connectivity index (χ1n) is 2.62. The van der Waals surface area contributed by atoms with Gasteiger partial charge in [0.15, 0.2) is 23.0 Å². The Hall–Kier alpha value is 0.200. The van der Waals surface area contributed by atoms with Crippen molar-refractivity contribution < 1.29 is 7.86 Å². The van der Waals surface area contributed by atoms with Crippen molar-refractivity contribution in [3.8, 4) is 0 Å². The first-order chi connectivity index (χ1) is 3.81. The van der Waals surface area contributed by atoms with Crippen LogP contribution >= 0.6 is 23.0 Å². The molecule has 8 heavy (non-hydrogen) atoms. The molecule has 0 aromatic heterocycles. The number of carbonyl (C=O) groups is 1. The van der Waals surface area contributed by atoms with Gasteiger partial charge in [-0.1, -0.05) is 13.3 Å². The van der Waals surface area contributed by atoms with Crippen molar-refractivity contribution >= 4 is 29.0 Å². The zero-order chi connectivity index (χ0) is 6.41. The van der Waals surface area contributed by atoms with Gasteiger partial charge < -0.3 is 3.07 Å². The minimum Gasteiger partial charge on any atom is -0.394 e. The third kappa shape index (κ3) is 4.36. The number of hydrogen-bond acceptors (Lipinski definition) is 2. The zero-order valence-electron chi connectivity index (χ0n) is 4.82. The highest BCUT2D eigenvalue weighted by Gasteiger charge is 1.96. The normalized spacial score (nSPS) is 8.75. The Kier molecular flexibility index (Phi) is 5.47. The summed E-state index contributed by atoms with van der Waals surface area (Å²) in [6.07, 6.45) is 2.53. The van der Waals surface area contributed by atoms with Crippen molar-refractivity contribution in [3.05, 3.63) is 0 Å². The van der Waals surface area contributed by atoms with Crippen molar-refractivity contribution in [2.24, 2.45) is 0 Å². The highest BCUT2D eigenvalue weighted by atomic mass is 127. The van der Waals surface area contributed by atoms with E-state index < -0.39 is 0 Å². The summed E-state index contributed by atoms with van der Waals surface area (Å²) >= 11 is 1.60. The van der Waals surface area contributed by atoms with Crippen LogP contribution in [0.4, 0.5) is 0 Å². The summed E-state index contributed by atoms with van der Waals surface area (Å²) < 4.78 is 4.38. The lowest BCUT2D eigenvalue weighted by atomic mass is 10.3. The first kappa shape index (κ1) is 8.20. The monoisotopic (exact) mass is 228 g/mol. The minimum absolute atomic E-state index is 0.118. The molecular formula is C5H9IO2. The lowest BCUT2D eigenvalue weighted by Gasteiger charge is -1.91. The van der Waals surface area contributed by atoms with E-state index in [-0.39, 0.29) is 5.97 Å². The van der Waals surface area contributed by atoms with E-state index in [1.165, 1.54) is 0 Å². The van der Waals surface area contributed by atoms with Crippen LogP contribution in [0.25, 0.3) is 0 Å². The van der Waals surface area contributed by atoms with E-state index in [0.717, 1.165) is 12.8 Å². The second kappa shape index (κ2) is 5.34. The largest absolute Gasteiger partial charge is 0.394 e. The maximum Gasteiger partial charge on any atom is 0.315 e. The molecule has 0 unspecified atom stereocenters. The van der Waals surface area contributed by atoms with E-state index in [1.807, 2.05) is 6.92 Å². The summed E-state index contributed by atoms with van der Waals surface area (Å²) in [5, 5.41) is 0. The van der Waals surface area contributed by atoms with Gasteiger partial charge in [0.1, 0.15) is 0 Å². The van der Waals surface area contributed by atoms with Crippen molar-refractivity contribution in [1.29, 1.82) is 0 Å². The summed E-state index contributed by atoms with van der Waals surface area (Å²) in [4.78, 5) is 10.3. The van der Waals surface area contributed by atoms with Crippen LogP contribution in [0.2, 0.25) is 0 Å². The van der Waals surface area contributed by atoms with Crippen LogP contribution in [0.1, 0.15) is 26.2 Å². The second-order valence-corrected chi connectivity index (χ2v) is 1.99. The molecule has 0 N–H and O–H groups in total. The van der Waals surface area contributed by atoms with Gasteiger partial charge in [0.2, 0.25) is 0 Å². The summed E-state index contributed by atoms with van der Waals surface area (Å²) in [5.41, 5.74) is 0. The van der Waals surface area contributed by atoms with E-state index in [4.69, 9.17) is 0 Å². The Balaban J connectivity index is 2.99. The van der Waals surface area contributed by atoms with Gasteiger partial charge in [0.25, 0.3) is 0 Å². The van der Waals surface area contributed by atoms with Crippen molar-refractivity contribution in [1.82, 2.24) is 0 Å². The Labute approximate surface area is 63.3 Å². The molecule has 3 heteroatoms. The van der Waals surface area contributed by atoms with Crippen LogP contribution in [-0.4, -0.2) is 5.97 Å². The third-order valence-electron chi connectivity index (χ3n) is 0.821. The molecule has 2 nitrogen and oxygen atoms in total. The van der Waals surface area contributed by atoms with Gasteiger partial charge in [-0.3, -0.25) is 4.79 Å². The highest BCUT2D eigenvalue weighted by molar-refractivity contribution is 14.1. The van der Waals surface area contributed by atoms with Crippen molar-refractivity contribution in [2.45, 2.75) is 26.2 Å². The molecule has 0 aliphatic rings. The van der Waals surface area contributed by atoms with Crippen LogP contribution in [0.3, 0.4) is 0 Å². The lowest BCUT2D eigenvalue weighted by molar-refractivity contribution is -0.131. The molecule has 0 heterocycles. The summed E-state index contributed by atoms with van der Waals surface area (Å²) in [7, 11) is 0. The summed E-state index contributed by atoms with van der Waals surface area (Å²) in [6.45, 7) is 2.04. The van der Waals surface area contributed by atoms with Crippen LogP contribution < -0.4 is 0 Å². The fraction of sp³-hybridized carbons (Fsp3) is 0.800. The lowest BCUT2D eigenvalue weighted by Crippen LogP contribution is -1.94. The van der Waals surface area contributed by atoms with Gasteiger partial charge >= 0.3 is 5.97 Å². The molecule has 0 bridgehead atoms. The molecule has 0 rings (SSSR count). The molecular weight excluding hydrogens is 219 g/mol. The van der Waals surface area contributed by atoms with Crippen molar-refractivity contribution in [2.75, 3.05) is 0 Å². The van der Waals surface area contributed by atoms with Gasteiger partial charge in [0, 0.05) is 6.42 Å². The van der Waals surface area contributed by atoms with Gasteiger partial charge in [-0.15, -0.1) is 0 Å². The second-order valence-electron chi connectivity index (χ2n) is 1.55. The van der Waals surface area contributed by atoms with Gasteiger partial charge in [0.05, 0.1) is 0 Å². The Morgan fingerprint density at radius 3 is 2.75 bits per heavy atom. The fourth-order valence-electron chi connectivity index (χ4n) is 0.360. The molecule has 48 valence electrons. The topological polar surface area (TPSA) is 26.3 Å². The van der Waals surface area contributed by atoms with E-state index in [0.29, 0.717) is 6.42 Å². The van der Waals surface area contributed by atoms with Crippen LogP contribution in [0, 0.1) is 0 Å². The predicted octanol–water partition coefficient (Wildman–Crippen LogP) is 2.07. The molecule has 0 saturated heterocycles. The van der Waals surface area contributed by atoms with Crippen LogP contribution in [0.15, 0.2) is 0 Å². The van der Waals surface area contributed by atoms with E-state index in [9.17, 15) is 4.79 Å². The fourth-order valence-corrected chi connectivity index (χ4v) is 0.580. The Morgan fingerprint density at radius 2 is 2.38 bits per heavy atom. The average molecular weight is 228 g/mol.